The maximum atomic E-state index is 4.36. The molecule has 17 heavy (non-hydrogen) atoms. The van der Waals surface area contributed by atoms with E-state index in [4.69, 9.17) is 0 Å². The van der Waals surface area contributed by atoms with E-state index in [1.165, 1.54) is 5.57 Å². The average molecular weight is 323 g/mol. The summed E-state index contributed by atoms with van der Waals surface area (Å²) in [6.07, 6.45) is 4.83. The fraction of sp³-hybridized carbons (Fsp3) is 0.462. The van der Waals surface area contributed by atoms with Gasteiger partial charge in [-0.15, -0.1) is 17.1 Å². The van der Waals surface area contributed by atoms with Crippen molar-refractivity contribution in [2.45, 2.75) is 34.1 Å². The average Bonchev–Trinajstić information content (AvgIpc) is 2.71. The normalized spacial score (nSPS) is 13.5. The van der Waals surface area contributed by atoms with Crippen LogP contribution in [0.15, 0.2) is 28.5 Å². The van der Waals surface area contributed by atoms with Crippen LogP contribution in [0, 0.1) is 5.92 Å². The molecule has 0 amide bonds. The van der Waals surface area contributed by atoms with Gasteiger partial charge in [-0.3, -0.25) is 0 Å². The van der Waals surface area contributed by atoms with Gasteiger partial charge in [0.15, 0.2) is 0 Å². The zero-order valence-corrected chi connectivity index (χ0v) is 14.6. The topological polar surface area (TPSA) is 25.2 Å². The summed E-state index contributed by atoms with van der Waals surface area (Å²) in [6.45, 7) is 8.39. The quantitative estimate of drug-likeness (QED) is 0.768. The largest absolute Gasteiger partial charge is 0.243 e. The molecule has 0 fully saturated rings. The minimum Gasteiger partial charge on any atom is -0.243 e. The molecule has 1 radical (unpaired) electrons. The predicted molar refractivity (Wildman–Crippen MR) is 69.8 cm³/mol. The van der Waals surface area contributed by atoms with Crippen molar-refractivity contribution in [1.82, 2.24) is 4.98 Å². The van der Waals surface area contributed by atoms with E-state index < -0.39 is 0 Å². The molecular weight excluding hydrogens is 305 g/mol. The molecule has 0 aromatic carbocycles. The van der Waals surface area contributed by atoms with Gasteiger partial charge in [-0.2, -0.15) is 0 Å². The van der Waals surface area contributed by atoms with Crippen LogP contribution in [0.3, 0.4) is 0 Å². The summed E-state index contributed by atoms with van der Waals surface area (Å²) in [5.74, 6) is 0.519. The third kappa shape index (κ3) is 4.26. The minimum atomic E-state index is 0. The van der Waals surface area contributed by atoms with Crippen molar-refractivity contribution in [3.63, 3.8) is 0 Å². The van der Waals surface area contributed by atoms with Crippen molar-refractivity contribution in [3.05, 3.63) is 33.5 Å². The molecule has 0 saturated carbocycles. The van der Waals surface area contributed by atoms with E-state index in [9.17, 15) is 0 Å². The first-order chi connectivity index (χ1) is 7.83. The molecule has 0 aliphatic carbocycles. The van der Waals surface area contributed by atoms with E-state index in [2.05, 4.69) is 29.6 Å². The maximum absolute atomic E-state index is 4.36. The Balaban J connectivity index is 0.000000811. The fourth-order valence-electron chi connectivity index (χ4n) is 1.42. The molecule has 1 aromatic rings. The van der Waals surface area contributed by atoms with Crippen LogP contribution in [-0.2, 0) is 32.7 Å². The van der Waals surface area contributed by atoms with Crippen molar-refractivity contribution in [2.75, 3.05) is 0 Å². The Morgan fingerprint density at radius 1 is 1.41 bits per heavy atom. The number of hydrogen-bond donors (Lipinski definition) is 0. The van der Waals surface area contributed by atoms with E-state index >= 15 is 0 Å². The molecule has 1 aliphatic rings. The summed E-state index contributed by atoms with van der Waals surface area (Å²) in [5.41, 5.74) is 6.16. The maximum Gasteiger partial charge on any atom is 0.144 e. The summed E-state index contributed by atoms with van der Waals surface area (Å²) in [5, 5.41) is 1.03. The first-order valence-corrected chi connectivity index (χ1v) is 6.63. The Labute approximate surface area is 132 Å². The summed E-state index contributed by atoms with van der Waals surface area (Å²) in [4.78, 5) is 8.65. The van der Waals surface area contributed by atoms with Gasteiger partial charge < -0.3 is 0 Å². The number of nitrogens with zero attached hydrogens (tertiary/aromatic N) is 2. The van der Waals surface area contributed by atoms with Crippen molar-refractivity contribution in [1.29, 1.82) is 0 Å². The summed E-state index contributed by atoms with van der Waals surface area (Å²) in [6, 6.07) is 0. The van der Waals surface area contributed by atoms with Gasteiger partial charge >= 0.3 is 0 Å². The molecular formula is C13H18N2SY. The SMILES string of the molecule is CC.CCC(C)C1=c2ncsc2=NC=C=C1.[Y]. The minimum absolute atomic E-state index is 0. The Hall–Kier alpha value is -0.0761. The van der Waals surface area contributed by atoms with Gasteiger partial charge in [-0.25, -0.2) is 9.98 Å². The molecule has 2 heterocycles. The molecule has 0 saturated heterocycles. The molecule has 1 aromatic heterocycles. The predicted octanol–water partition coefficient (Wildman–Crippen LogP) is 2.67. The van der Waals surface area contributed by atoms with Gasteiger partial charge in [-0.1, -0.05) is 27.7 Å². The van der Waals surface area contributed by atoms with Crippen LogP contribution in [0.25, 0.3) is 5.57 Å². The molecule has 89 valence electrons. The van der Waals surface area contributed by atoms with Gasteiger partial charge in [0.1, 0.15) is 10.0 Å². The van der Waals surface area contributed by atoms with Crippen LogP contribution < -0.4 is 10.0 Å². The number of thiazole rings is 1. The smallest absolute Gasteiger partial charge is 0.144 e. The summed E-state index contributed by atoms with van der Waals surface area (Å²) < 4.78 is 1.00. The van der Waals surface area contributed by atoms with Gasteiger partial charge in [0.05, 0.1) is 11.7 Å². The first-order valence-electron chi connectivity index (χ1n) is 5.75. The summed E-state index contributed by atoms with van der Waals surface area (Å²) >= 11 is 1.58. The Morgan fingerprint density at radius 3 is 2.76 bits per heavy atom. The van der Waals surface area contributed by atoms with Gasteiger partial charge in [0.2, 0.25) is 0 Å². The van der Waals surface area contributed by atoms with Crippen LogP contribution in [0.5, 0.6) is 0 Å². The van der Waals surface area contributed by atoms with E-state index in [1.54, 1.807) is 17.5 Å². The molecule has 2 nitrogen and oxygen atoms in total. The Morgan fingerprint density at radius 2 is 2.12 bits per heavy atom. The third-order valence-corrected chi connectivity index (χ3v) is 3.19. The molecule has 1 aliphatic heterocycles. The second-order valence-corrected chi connectivity index (χ2v) is 4.17. The van der Waals surface area contributed by atoms with Crippen LogP contribution >= 0.6 is 11.3 Å². The van der Waals surface area contributed by atoms with Crippen molar-refractivity contribution >= 4 is 16.9 Å². The van der Waals surface area contributed by atoms with Gasteiger partial charge in [-0.05, 0) is 24.0 Å². The van der Waals surface area contributed by atoms with Crippen LogP contribution in [0.1, 0.15) is 34.1 Å². The second-order valence-electron chi connectivity index (χ2n) is 3.34. The van der Waals surface area contributed by atoms with Crippen molar-refractivity contribution in [2.24, 2.45) is 10.9 Å². The first kappa shape index (κ1) is 16.9. The molecule has 1 unspecified atom stereocenters. The van der Waals surface area contributed by atoms with Crippen molar-refractivity contribution < 1.29 is 32.7 Å². The molecule has 0 bridgehead atoms. The van der Waals surface area contributed by atoms with E-state index in [1.807, 2.05) is 25.4 Å². The number of rotatable bonds is 2. The molecule has 0 spiro atoms. The number of fused-ring (bicyclic) bond motifs is 1. The third-order valence-electron chi connectivity index (χ3n) is 2.46. The van der Waals surface area contributed by atoms with Crippen molar-refractivity contribution in [3.8, 4) is 0 Å². The van der Waals surface area contributed by atoms with Gasteiger partial charge in [0.25, 0.3) is 0 Å². The standard InChI is InChI=1S/C11H12N2S.C2H6.Y/c1-3-8(2)9-5-4-6-12-11-10(9)13-7-14-11;1-2;/h5-8H,3H2,1-2H3;1-2H3;. The van der Waals surface area contributed by atoms with Crippen LogP contribution in [0.2, 0.25) is 0 Å². The zero-order chi connectivity index (χ0) is 12.0. The summed E-state index contributed by atoms with van der Waals surface area (Å²) in [7, 11) is 0. The van der Waals surface area contributed by atoms with Crippen LogP contribution in [0.4, 0.5) is 0 Å². The van der Waals surface area contributed by atoms with E-state index in [0.717, 1.165) is 16.4 Å². The second kappa shape index (κ2) is 8.93. The number of aromatic nitrogens is 1. The zero-order valence-electron chi connectivity index (χ0n) is 10.9. The van der Waals surface area contributed by atoms with Crippen LogP contribution in [-0.4, -0.2) is 4.98 Å². The molecule has 2 rings (SSSR count). The fourth-order valence-corrected chi connectivity index (χ4v) is 2.07. The van der Waals surface area contributed by atoms with E-state index in [-0.39, 0.29) is 32.7 Å². The molecule has 0 N–H and O–H groups in total. The molecule has 1 atom stereocenters. The molecule has 4 heteroatoms. The van der Waals surface area contributed by atoms with E-state index in [0.29, 0.717) is 5.92 Å². The van der Waals surface area contributed by atoms with Gasteiger partial charge in [0, 0.05) is 32.7 Å². The Bertz CT molecular complexity index is 510. The number of hydrogen-bond acceptors (Lipinski definition) is 3. The number of allylic oxidation sites excluding steroid dienone is 1. The monoisotopic (exact) mass is 323 g/mol. The Kier molecular flexibility index (Phi) is 8.89.